The minimum absolute atomic E-state index is 0.0235. The molecule has 5 nitrogen and oxygen atoms in total. The Labute approximate surface area is 188 Å². The first-order valence-corrected chi connectivity index (χ1v) is 10.9. The van der Waals surface area contributed by atoms with Crippen LogP contribution in [0.1, 0.15) is 31.0 Å². The number of rotatable bonds is 7. The minimum Gasteiger partial charge on any atom is -0.484 e. The number of benzene rings is 2. The number of carbonyl (C=O) groups excluding carboxylic acids is 1. The number of fused-ring (bicyclic) bond motifs is 1. The van der Waals surface area contributed by atoms with Gasteiger partial charge in [0.1, 0.15) is 17.1 Å². The number of halogens is 2. The van der Waals surface area contributed by atoms with Gasteiger partial charge in [0, 0.05) is 12.3 Å². The third kappa shape index (κ3) is 4.91. The van der Waals surface area contributed by atoms with Crippen molar-refractivity contribution in [3.8, 4) is 5.75 Å². The maximum atomic E-state index is 14.2. The molecule has 32 heavy (non-hydrogen) atoms. The number of pyridine rings is 1. The molecule has 4 aromatic rings. The molecule has 0 aliphatic carbocycles. The molecule has 2 heterocycles. The third-order valence-corrected chi connectivity index (χ3v) is 5.91. The van der Waals surface area contributed by atoms with Crippen molar-refractivity contribution in [2.75, 3.05) is 11.5 Å². The third-order valence-electron chi connectivity index (χ3n) is 4.89. The van der Waals surface area contributed by atoms with Crippen LogP contribution in [0, 0.1) is 11.6 Å². The van der Waals surface area contributed by atoms with Gasteiger partial charge >= 0.3 is 0 Å². The second-order valence-electron chi connectivity index (χ2n) is 7.54. The lowest BCUT2D eigenvalue weighted by atomic mass is 10.0. The molecule has 8 heteroatoms. The molecule has 164 valence electrons. The number of hydrogen-bond donors (Lipinski definition) is 0. The van der Waals surface area contributed by atoms with Gasteiger partial charge in [0.2, 0.25) is 0 Å². The summed E-state index contributed by atoms with van der Waals surface area (Å²) in [5.74, 6) is -0.875. The van der Waals surface area contributed by atoms with E-state index in [2.05, 4.69) is 23.8 Å². The van der Waals surface area contributed by atoms with E-state index in [4.69, 9.17) is 4.74 Å². The first-order valence-electron chi connectivity index (χ1n) is 10.1. The van der Waals surface area contributed by atoms with Gasteiger partial charge < -0.3 is 4.74 Å². The fourth-order valence-electron chi connectivity index (χ4n) is 3.15. The van der Waals surface area contributed by atoms with Crippen molar-refractivity contribution in [3.63, 3.8) is 0 Å². The number of anilines is 1. The molecule has 2 aromatic heterocycles. The standard InChI is InChI=1S/C24H21F2N3O2S/c1-15(2)16-6-8-19(9-7-16)31-14-22(30)29(13-18-5-3-4-10-27-18)24-28-23-20(26)11-17(25)12-21(23)32-24/h3-12,15H,13-14H2,1-2H3. The molecule has 0 N–H and O–H groups in total. The highest BCUT2D eigenvalue weighted by Gasteiger charge is 2.23. The minimum atomic E-state index is -0.769. The van der Waals surface area contributed by atoms with Crippen LogP contribution in [0.4, 0.5) is 13.9 Å². The van der Waals surface area contributed by atoms with Gasteiger partial charge in [-0.1, -0.05) is 43.4 Å². The highest BCUT2D eigenvalue weighted by atomic mass is 32.1. The van der Waals surface area contributed by atoms with E-state index < -0.39 is 11.6 Å². The Balaban J connectivity index is 1.59. The van der Waals surface area contributed by atoms with Crippen molar-refractivity contribution in [3.05, 3.63) is 83.7 Å². The molecular formula is C24H21F2N3O2S. The summed E-state index contributed by atoms with van der Waals surface area (Å²) in [6.45, 7) is 4.09. The fraction of sp³-hybridized carbons (Fsp3) is 0.208. The molecule has 0 radical (unpaired) electrons. The van der Waals surface area contributed by atoms with E-state index in [1.807, 2.05) is 30.3 Å². The van der Waals surface area contributed by atoms with Crippen molar-refractivity contribution in [1.82, 2.24) is 9.97 Å². The monoisotopic (exact) mass is 453 g/mol. The van der Waals surface area contributed by atoms with Gasteiger partial charge in [0.15, 0.2) is 17.6 Å². The Morgan fingerprint density at radius 2 is 1.91 bits per heavy atom. The van der Waals surface area contributed by atoms with E-state index >= 15 is 0 Å². The molecule has 4 rings (SSSR count). The molecule has 0 aliphatic heterocycles. The van der Waals surface area contributed by atoms with E-state index in [-0.39, 0.29) is 29.7 Å². The van der Waals surface area contributed by atoms with Crippen LogP contribution in [0.2, 0.25) is 0 Å². The molecule has 0 bridgehead atoms. The maximum Gasteiger partial charge on any atom is 0.267 e. The van der Waals surface area contributed by atoms with E-state index in [1.165, 1.54) is 16.5 Å². The number of carbonyl (C=O) groups is 1. The summed E-state index contributed by atoms with van der Waals surface area (Å²) in [7, 11) is 0. The number of thiazole rings is 1. The zero-order valence-electron chi connectivity index (χ0n) is 17.6. The highest BCUT2D eigenvalue weighted by Crippen LogP contribution is 2.32. The average molecular weight is 454 g/mol. The zero-order chi connectivity index (χ0) is 22.7. The van der Waals surface area contributed by atoms with Crippen molar-refractivity contribution < 1.29 is 18.3 Å². The Bertz CT molecular complexity index is 1230. The first kappa shape index (κ1) is 21.8. The van der Waals surface area contributed by atoms with Crippen molar-refractivity contribution in [1.29, 1.82) is 0 Å². The topological polar surface area (TPSA) is 55.3 Å². The van der Waals surface area contributed by atoms with Crippen LogP contribution in [-0.2, 0) is 11.3 Å². The zero-order valence-corrected chi connectivity index (χ0v) is 18.4. The van der Waals surface area contributed by atoms with E-state index in [0.717, 1.165) is 17.4 Å². The highest BCUT2D eigenvalue weighted by molar-refractivity contribution is 7.22. The Kier molecular flexibility index (Phi) is 6.41. The lowest BCUT2D eigenvalue weighted by molar-refractivity contribution is -0.120. The van der Waals surface area contributed by atoms with Gasteiger partial charge in [0.25, 0.3) is 5.91 Å². The van der Waals surface area contributed by atoms with Crippen LogP contribution in [0.25, 0.3) is 10.2 Å². The SMILES string of the molecule is CC(C)c1ccc(OCC(=O)N(Cc2ccccn2)c2nc3c(F)cc(F)cc3s2)cc1. The smallest absolute Gasteiger partial charge is 0.267 e. The summed E-state index contributed by atoms with van der Waals surface area (Å²) in [5.41, 5.74) is 1.83. The number of hydrogen-bond acceptors (Lipinski definition) is 5. The van der Waals surface area contributed by atoms with E-state index in [0.29, 0.717) is 22.1 Å². The normalized spacial score (nSPS) is 11.2. The average Bonchev–Trinajstić information content (AvgIpc) is 3.21. The molecule has 2 aromatic carbocycles. The van der Waals surface area contributed by atoms with Gasteiger partial charge in [0.05, 0.1) is 16.9 Å². The maximum absolute atomic E-state index is 14.2. The van der Waals surface area contributed by atoms with Crippen LogP contribution in [0.3, 0.4) is 0 Å². The fourth-order valence-corrected chi connectivity index (χ4v) is 4.17. The van der Waals surface area contributed by atoms with Crippen LogP contribution in [-0.4, -0.2) is 22.5 Å². The van der Waals surface area contributed by atoms with Gasteiger partial charge in [-0.05, 0) is 41.8 Å². The molecule has 0 saturated carbocycles. The Morgan fingerprint density at radius 1 is 1.12 bits per heavy atom. The molecule has 0 atom stereocenters. The molecule has 0 saturated heterocycles. The molecular weight excluding hydrogens is 432 g/mol. The summed E-state index contributed by atoms with van der Waals surface area (Å²) in [6, 6.07) is 14.9. The molecule has 0 fully saturated rings. The number of ether oxygens (including phenoxy) is 1. The second kappa shape index (κ2) is 9.40. The molecule has 0 spiro atoms. The van der Waals surface area contributed by atoms with Crippen LogP contribution in [0.15, 0.2) is 60.8 Å². The summed E-state index contributed by atoms with van der Waals surface area (Å²) in [4.78, 5) is 23.0. The summed E-state index contributed by atoms with van der Waals surface area (Å²) in [6.07, 6.45) is 1.62. The molecule has 0 aliphatic rings. The summed E-state index contributed by atoms with van der Waals surface area (Å²) < 4.78 is 33.8. The van der Waals surface area contributed by atoms with Crippen LogP contribution in [0.5, 0.6) is 5.75 Å². The van der Waals surface area contributed by atoms with Crippen molar-refractivity contribution in [2.45, 2.75) is 26.3 Å². The van der Waals surface area contributed by atoms with Crippen LogP contribution >= 0.6 is 11.3 Å². The summed E-state index contributed by atoms with van der Waals surface area (Å²) in [5, 5.41) is 0.249. The number of aromatic nitrogens is 2. The van der Waals surface area contributed by atoms with Crippen molar-refractivity contribution >= 4 is 32.6 Å². The lowest BCUT2D eigenvalue weighted by Crippen LogP contribution is -2.34. The predicted molar refractivity (Wildman–Crippen MR) is 121 cm³/mol. The summed E-state index contributed by atoms with van der Waals surface area (Å²) >= 11 is 1.04. The second-order valence-corrected chi connectivity index (χ2v) is 8.55. The number of nitrogens with zero attached hydrogens (tertiary/aromatic N) is 3. The van der Waals surface area contributed by atoms with E-state index in [1.54, 1.807) is 18.3 Å². The molecule has 1 amide bonds. The lowest BCUT2D eigenvalue weighted by Gasteiger charge is -2.20. The van der Waals surface area contributed by atoms with Gasteiger partial charge in [-0.3, -0.25) is 14.7 Å². The predicted octanol–water partition coefficient (Wildman–Crippen LogP) is 5.71. The Morgan fingerprint density at radius 3 is 2.59 bits per heavy atom. The first-order chi connectivity index (χ1) is 15.4. The van der Waals surface area contributed by atoms with Crippen molar-refractivity contribution in [2.24, 2.45) is 0 Å². The van der Waals surface area contributed by atoms with Gasteiger partial charge in [-0.25, -0.2) is 13.8 Å². The number of amides is 1. The largest absolute Gasteiger partial charge is 0.484 e. The molecule has 0 unspecified atom stereocenters. The van der Waals surface area contributed by atoms with Gasteiger partial charge in [-0.15, -0.1) is 0 Å². The van der Waals surface area contributed by atoms with Gasteiger partial charge in [-0.2, -0.15) is 0 Å². The Hall–Kier alpha value is -3.39. The van der Waals surface area contributed by atoms with E-state index in [9.17, 15) is 13.6 Å². The quantitative estimate of drug-likeness (QED) is 0.360. The van der Waals surface area contributed by atoms with Crippen LogP contribution < -0.4 is 9.64 Å².